The summed E-state index contributed by atoms with van der Waals surface area (Å²) in [6.45, 7) is 2.14. The van der Waals surface area contributed by atoms with Gasteiger partial charge in [-0.3, -0.25) is 0 Å². The Kier molecular flexibility index (Phi) is 4.07. The van der Waals surface area contributed by atoms with E-state index in [0.717, 1.165) is 25.8 Å². The van der Waals surface area contributed by atoms with Gasteiger partial charge in [-0.1, -0.05) is 18.3 Å². The number of rotatable bonds is 4. The van der Waals surface area contributed by atoms with Gasteiger partial charge in [-0.15, -0.1) is 21.5 Å². The van der Waals surface area contributed by atoms with Crippen LogP contribution in [0.25, 0.3) is 10.6 Å². The average molecular weight is 318 g/mol. The number of aromatic nitrogens is 2. The molecular weight excluding hydrogens is 306 g/mol. The van der Waals surface area contributed by atoms with Gasteiger partial charge in [0.05, 0.1) is 9.83 Å². The molecule has 1 N–H and O–H groups in total. The molecule has 0 aliphatic heterocycles. The molecule has 0 fully saturated rings. The Morgan fingerprint density at radius 3 is 2.88 bits per heavy atom. The minimum absolute atomic E-state index is 0.313. The van der Waals surface area contributed by atoms with Crippen LogP contribution in [0.4, 0.5) is 0 Å². The molecule has 6 heteroatoms. The lowest BCUT2D eigenvalue weighted by atomic mass is 10.2. The molecule has 1 unspecified atom stereocenters. The van der Waals surface area contributed by atoms with E-state index in [2.05, 4.69) is 49.8 Å². The highest BCUT2D eigenvalue weighted by molar-refractivity contribution is 9.11. The topological polar surface area (TPSA) is 37.8 Å². The third-order valence-electron chi connectivity index (χ3n) is 2.31. The molecule has 2 rings (SSSR count). The van der Waals surface area contributed by atoms with Crippen LogP contribution in [0.2, 0.25) is 0 Å². The first kappa shape index (κ1) is 12.2. The van der Waals surface area contributed by atoms with Crippen molar-refractivity contribution in [3.8, 4) is 10.6 Å². The van der Waals surface area contributed by atoms with Crippen LogP contribution in [0.1, 0.15) is 24.4 Å². The van der Waals surface area contributed by atoms with Gasteiger partial charge in [0.1, 0.15) is 10.0 Å². The summed E-state index contributed by atoms with van der Waals surface area (Å²) in [5.74, 6) is 0. The third-order valence-corrected chi connectivity index (χ3v) is 4.90. The van der Waals surface area contributed by atoms with E-state index in [-0.39, 0.29) is 0 Å². The lowest BCUT2D eigenvalue weighted by Crippen LogP contribution is -2.14. The number of nitrogens with one attached hydrogen (secondary N) is 1. The summed E-state index contributed by atoms with van der Waals surface area (Å²) in [5.41, 5.74) is 1.14. The Labute approximate surface area is 111 Å². The van der Waals surface area contributed by atoms with E-state index in [1.165, 1.54) is 0 Å². The fourth-order valence-corrected chi connectivity index (χ4v) is 3.66. The van der Waals surface area contributed by atoms with Crippen LogP contribution in [0, 0.1) is 0 Å². The van der Waals surface area contributed by atoms with Gasteiger partial charge in [0.15, 0.2) is 0 Å². The third kappa shape index (κ3) is 2.51. The molecular formula is C10H12BrN3S2. The maximum Gasteiger partial charge on any atom is 0.148 e. The van der Waals surface area contributed by atoms with Crippen molar-refractivity contribution in [1.29, 1.82) is 0 Å². The predicted octanol–water partition coefficient (Wildman–Crippen LogP) is 3.70. The van der Waals surface area contributed by atoms with Crippen molar-refractivity contribution >= 4 is 38.6 Å². The molecule has 0 saturated carbocycles. The largest absolute Gasteiger partial charge is 0.311 e. The standard InChI is InChI=1S/C10H12BrN3S2/c1-3-7(12-2)10-14-13-9(16-10)6-4-8(11)15-5-6/h4-5,7,12H,3H2,1-2H3. The van der Waals surface area contributed by atoms with E-state index in [9.17, 15) is 0 Å². The highest BCUT2D eigenvalue weighted by Gasteiger charge is 2.14. The summed E-state index contributed by atoms with van der Waals surface area (Å²) >= 11 is 6.78. The van der Waals surface area contributed by atoms with Gasteiger partial charge in [0, 0.05) is 10.9 Å². The van der Waals surface area contributed by atoms with Gasteiger partial charge in [-0.25, -0.2) is 0 Å². The minimum Gasteiger partial charge on any atom is -0.311 e. The predicted molar refractivity (Wildman–Crippen MR) is 73.0 cm³/mol. The molecule has 1 atom stereocenters. The summed E-state index contributed by atoms with van der Waals surface area (Å²) in [7, 11) is 1.95. The first-order valence-electron chi connectivity index (χ1n) is 4.99. The van der Waals surface area contributed by atoms with Crippen LogP contribution >= 0.6 is 38.6 Å². The lowest BCUT2D eigenvalue weighted by Gasteiger charge is -2.07. The molecule has 0 aliphatic rings. The fourth-order valence-electron chi connectivity index (χ4n) is 1.42. The second-order valence-electron chi connectivity index (χ2n) is 3.33. The Hall–Kier alpha value is -0.300. The van der Waals surface area contributed by atoms with E-state index in [0.29, 0.717) is 6.04 Å². The smallest absolute Gasteiger partial charge is 0.148 e. The molecule has 0 aliphatic carbocycles. The molecule has 3 nitrogen and oxygen atoms in total. The van der Waals surface area contributed by atoms with Crippen LogP contribution in [0.15, 0.2) is 15.2 Å². The Balaban J connectivity index is 2.25. The van der Waals surface area contributed by atoms with E-state index < -0.39 is 0 Å². The molecule has 2 heterocycles. The highest BCUT2D eigenvalue weighted by Crippen LogP contribution is 2.32. The number of hydrogen-bond acceptors (Lipinski definition) is 5. The van der Waals surface area contributed by atoms with Crippen molar-refractivity contribution in [2.75, 3.05) is 7.05 Å². The lowest BCUT2D eigenvalue weighted by molar-refractivity contribution is 0.568. The molecule has 0 spiro atoms. The first-order valence-corrected chi connectivity index (χ1v) is 7.48. The van der Waals surface area contributed by atoms with Crippen LogP contribution in [-0.4, -0.2) is 17.2 Å². The van der Waals surface area contributed by atoms with Crippen LogP contribution in [0.3, 0.4) is 0 Å². The molecule has 0 bridgehead atoms. The molecule has 86 valence electrons. The Morgan fingerprint density at radius 1 is 1.50 bits per heavy atom. The molecule has 16 heavy (non-hydrogen) atoms. The summed E-state index contributed by atoms with van der Waals surface area (Å²) in [6.07, 6.45) is 1.03. The van der Waals surface area contributed by atoms with E-state index in [1.54, 1.807) is 22.7 Å². The Morgan fingerprint density at radius 2 is 2.31 bits per heavy atom. The van der Waals surface area contributed by atoms with Gasteiger partial charge < -0.3 is 5.32 Å². The molecule has 0 saturated heterocycles. The van der Waals surface area contributed by atoms with Crippen molar-refractivity contribution < 1.29 is 0 Å². The van der Waals surface area contributed by atoms with Gasteiger partial charge >= 0.3 is 0 Å². The fraction of sp³-hybridized carbons (Fsp3) is 0.400. The van der Waals surface area contributed by atoms with Crippen LogP contribution in [-0.2, 0) is 0 Å². The van der Waals surface area contributed by atoms with Crippen molar-refractivity contribution in [3.05, 3.63) is 20.2 Å². The summed E-state index contributed by atoms with van der Waals surface area (Å²) in [6, 6.07) is 2.39. The van der Waals surface area contributed by atoms with Gasteiger partial charge in [-0.2, -0.15) is 0 Å². The maximum absolute atomic E-state index is 4.24. The molecule has 0 amide bonds. The first-order chi connectivity index (χ1) is 7.74. The second-order valence-corrected chi connectivity index (χ2v) is 6.63. The zero-order valence-corrected chi connectivity index (χ0v) is 12.2. The molecule has 2 aromatic rings. The van der Waals surface area contributed by atoms with E-state index >= 15 is 0 Å². The molecule has 0 radical (unpaired) electrons. The number of halogens is 1. The maximum atomic E-state index is 4.24. The zero-order valence-electron chi connectivity index (χ0n) is 9.03. The summed E-state index contributed by atoms with van der Waals surface area (Å²) < 4.78 is 1.12. The molecule has 2 aromatic heterocycles. The summed E-state index contributed by atoms with van der Waals surface area (Å²) in [4.78, 5) is 0. The normalized spacial score (nSPS) is 12.9. The number of hydrogen-bond donors (Lipinski definition) is 1. The van der Waals surface area contributed by atoms with Gasteiger partial charge in [0.2, 0.25) is 0 Å². The summed E-state index contributed by atoms with van der Waals surface area (Å²) in [5, 5.41) is 15.9. The molecule has 0 aromatic carbocycles. The average Bonchev–Trinajstić information content (AvgIpc) is 2.89. The van der Waals surface area contributed by atoms with Gasteiger partial charge in [-0.05, 0) is 35.5 Å². The monoisotopic (exact) mass is 317 g/mol. The number of nitrogens with zero attached hydrogens (tertiary/aromatic N) is 2. The van der Waals surface area contributed by atoms with Crippen LogP contribution < -0.4 is 5.32 Å². The minimum atomic E-state index is 0.313. The SMILES string of the molecule is CCC(NC)c1nnc(-c2csc(Br)c2)s1. The van der Waals surface area contributed by atoms with Crippen molar-refractivity contribution in [2.24, 2.45) is 0 Å². The van der Waals surface area contributed by atoms with Crippen LogP contribution in [0.5, 0.6) is 0 Å². The Bertz CT molecular complexity index is 462. The van der Waals surface area contributed by atoms with Crippen molar-refractivity contribution in [2.45, 2.75) is 19.4 Å². The van der Waals surface area contributed by atoms with Crippen molar-refractivity contribution in [3.63, 3.8) is 0 Å². The zero-order chi connectivity index (χ0) is 11.5. The highest BCUT2D eigenvalue weighted by atomic mass is 79.9. The quantitative estimate of drug-likeness (QED) is 0.934. The van der Waals surface area contributed by atoms with E-state index in [4.69, 9.17) is 0 Å². The number of thiophene rings is 1. The van der Waals surface area contributed by atoms with Gasteiger partial charge in [0.25, 0.3) is 0 Å². The van der Waals surface area contributed by atoms with Crippen molar-refractivity contribution in [1.82, 2.24) is 15.5 Å². The van der Waals surface area contributed by atoms with E-state index in [1.807, 2.05) is 7.05 Å². The second kappa shape index (κ2) is 5.35.